The van der Waals surface area contributed by atoms with Crippen LogP contribution < -0.4 is 5.32 Å². The number of rotatable bonds is 8. The van der Waals surface area contributed by atoms with E-state index in [0.717, 1.165) is 19.1 Å². The van der Waals surface area contributed by atoms with Crippen molar-refractivity contribution in [3.63, 3.8) is 0 Å². The van der Waals surface area contributed by atoms with E-state index in [4.69, 9.17) is 4.74 Å². The lowest BCUT2D eigenvalue weighted by molar-refractivity contribution is 0.0285. The van der Waals surface area contributed by atoms with Crippen molar-refractivity contribution in [1.29, 1.82) is 0 Å². The normalized spacial score (nSPS) is 32.3. The number of hydrogen-bond acceptors (Lipinski definition) is 3. The van der Waals surface area contributed by atoms with Crippen LogP contribution in [-0.2, 0) is 4.74 Å². The molecule has 3 heteroatoms. The third-order valence-corrected chi connectivity index (χ3v) is 5.26. The molecule has 0 bridgehead atoms. The Balaban J connectivity index is 1.95. The highest BCUT2D eigenvalue weighted by molar-refractivity contribution is 7.99. The van der Waals surface area contributed by atoms with Gasteiger partial charge in [0, 0.05) is 24.6 Å². The summed E-state index contributed by atoms with van der Waals surface area (Å²) in [6.07, 6.45) is 5.93. The number of hydrogen-bond donors (Lipinski definition) is 1. The van der Waals surface area contributed by atoms with E-state index in [1.54, 1.807) is 0 Å². The van der Waals surface area contributed by atoms with Gasteiger partial charge in [-0.15, -0.1) is 0 Å². The summed E-state index contributed by atoms with van der Waals surface area (Å²) < 4.78 is 6.11. The van der Waals surface area contributed by atoms with Gasteiger partial charge in [-0.05, 0) is 43.1 Å². The lowest BCUT2D eigenvalue weighted by Gasteiger charge is -2.35. The molecule has 2 rings (SSSR count). The Morgan fingerprint density at radius 1 is 1.39 bits per heavy atom. The topological polar surface area (TPSA) is 21.3 Å². The summed E-state index contributed by atoms with van der Waals surface area (Å²) in [4.78, 5) is 0. The minimum Gasteiger partial charge on any atom is -0.377 e. The van der Waals surface area contributed by atoms with E-state index in [0.29, 0.717) is 17.6 Å². The predicted octanol–water partition coefficient (Wildman–Crippen LogP) is 3.31. The summed E-state index contributed by atoms with van der Waals surface area (Å²) in [5, 5.41) is 3.68. The Bertz CT molecular complexity index is 255. The highest BCUT2D eigenvalue weighted by Crippen LogP contribution is 2.49. The monoisotopic (exact) mass is 271 g/mol. The van der Waals surface area contributed by atoms with Crippen LogP contribution in [0.25, 0.3) is 0 Å². The van der Waals surface area contributed by atoms with Gasteiger partial charge in [0.1, 0.15) is 0 Å². The summed E-state index contributed by atoms with van der Waals surface area (Å²) in [5.41, 5.74) is 0.424. The molecule has 0 radical (unpaired) electrons. The first-order valence-corrected chi connectivity index (χ1v) is 8.76. The minimum absolute atomic E-state index is 0.424. The summed E-state index contributed by atoms with van der Waals surface area (Å²) in [7, 11) is 0. The second-order valence-corrected chi connectivity index (χ2v) is 7.62. The number of thioether (sulfide) groups is 1. The highest BCUT2D eigenvalue weighted by atomic mass is 32.2. The molecule has 1 heterocycles. The van der Waals surface area contributed by atoms with Crippen LogP contribution in [0, 0.1) is 11.3 Å². The average molecular weight is 271 g/mol. The van der Waals surface area contributed by atoms with Gasteiger partial charge in [-0.2, -0.15) is 11.8 Å². The molecule has 106 valence electrons. The van der Waals surface area contributed by atoms with Crippen LogP contribution in [0.1, 0.15) is 46.5 Å². The molecule has 1 saturated heterocycles. The van der Waals surface area contributed by atoms with Crippen LogP contribution in [-0.4, -0.2) is 36.8 Å². The predicted molar refractivity (Wildman–Crippen MR) is 80.3 cm³/mol. The Kier molecular flexibility index (Phi) is 5.40. The quantitative estimate of drug-likeness (QED) is 0.684. The van der Waals surface area contributed by atoms with Crippen molar-refractivity contribution in [3.05, 3.63) is 0 Å². The highest BCUT2D eigenvalue weighted by Gasteiger charge is 2.50. The van der Waals surface area contributed by atoms with Crippen molar-refractivity contribution < 1.29 is 4.74 Å². The van der Waals surface area contributed by atoms with Gasteiger partial charge in [0.2, 0.25) is 0 Å². The zero-order chi connectivity index (χ0) is 13.0. The molecule has 1 aliphatic carbocycles. The van der Waals surface area contributed by atoms with Gasteiger partial charge in [-0.25, -0.2) is 0 Å². The molecule has 0 aromatic heterocycles. The van der Waals surface area contributed by atoms with Crippen molar-refractivity contribution in [2.24, 2.45) is 11.3 Å². The van der Waals surface area contributed by atoms with Gasteiger partial charge in [-0.1, -0.05) is 20.8 Å². The fourth-order valence-electron chi connectivity index (χ4n) is 3.12. The standard InChI is InChI=1S/C15H29NOS/c1-4-18-10-8-15(11-16-12(2)3)7-9-17-14(15)13-5-6-13/h12-14,16H,4-11H2,1-3H3. The third-order valence-electron chi connectivity index (χ3n) is 4.36. The maximum absolute atomic E-state index is 6.11. The number of ether oxygens (including phenoxy) is 1. The van der Waals surface area contributed by atoms with Crippen molar-refractivity contribution in [3.8, 4) is 0 Å². The van der Waals surface area contributed by atoms with Crippen LogP contribution in [0.4, 0.5) is 0 Å². The zero-order valence-corrected chi connectivity index (χ0v) is 13.0. The SMILES string of the molecule is CCSCCC1(CNC(C)C)CCOC1C1CC1. The number of nitrogens with one attached hydrogen (secondary N) is 1. The van der Waals surface area contributed by atoms with Crippen LogP contribution in [0.2, 0.25) is 0 Å². The molecular weight excluding hydrogens is 242 g/mol. The summed E-state index contributed by atoms with van der Waals surface area (Å²) in [6.45, 7) is 8.88. The molecule has 2 fully saturated rings. The first-order chi connectivity index (χ1) is 8.68. The van der Waals surface area contributed by atoms with Crippen molar-refractivity contribution in [2.45, 2.75) is 58.6 Å². The molecule has 2 atom stereocenters. The van der Waals surface area contributed by atoms with Crippen molar-refractivity contribution in [1.82, 2.24) is 5.32 Å². The van der Waals surface area contributed by atoms with Gasteiger partial charge in [0.15, 0.2) is 0 Å². The fourth-order valence-corrected chi connectivity index (χ4v) is 3.95. The molecule has 0 amide bonds. The Labute approximate surface area is 117 Å². The fraction of sp³-hybridized carbons (Fsp3) is 1.00. The van der Waals surface area contributed by atoms with Crippen LogP contribution in [0.3, 0.4) is 0 Å². The zero-order valence-electron chi connectivity index (χ0n) is 12.2. The van der Waals surface area contributed by atoms with Crippen LogP contribution in [0.15, 0.2) is 0 Å². The smallest absolute Gasteiger partial charge is 0.0672 e. The van der Waals surface area contributed by atoms with E-state index in [1.165, 1.54) is 37.2 Å². The summed E-state index contributed by atoms with van der Waals surface area (Å²) >= 11 is 2.08. The summed E-state index contributed by atoms with van der Waals surface area (Å²) in [6, 6.07) is 0.584. The first-order valence-electron chi connectivity index (χ1n) is 7.60. The van der Waals surface area contributed by atoms with Crippen molar-refractivity contribution >= 4 is 11.8 Å². The first kappa shape index (κ1) is 14.7. The average Bonchev–Trinajstić information content (AvgIpc) is 3.09. The third kappa shape index (κ3) is 3.64. The van der Waals surface area contributed by atoms with Crippen LogP contribution in [0.5, 0.6) is 0 Å². The second kappa shape index (κ2) is 6.62. The second-order valence-electron chi connectivity index (χ2n) is 6.22. The van der Waals surface area contributed by atoms with Gasteiger partial charge in [0.05, 0.1) is 6.10 Å². The van der Waals surface area contributed by atoms with Gasteiger partial charge < -0.3 is 10.1 Å². The molecule has 1 saturated carbocycles. The molecule has 18 heavy (non-hydrogen) atoms. The Hall–Kier alpha value is 0.270. The Morgan fingerprint density at radius 3 is 2.78 bits per heavy atom. The van der Waals surface area contributed by atoms with E-state index in [1.807, 2.05) is 0 Å². The Morgan fingerprint density at radius 2 is 2.17 bits per heavy atom. The van der Waals surface area contributed by atoms with E-state index in [9.17, 15) is 0 Å². The maximum atomic E-state index is 6.11. The molecule has 0 aromatic carbocycles. The maximum Gasteiger partial charge on any atom is 0.0672 e. The molecule has 2 nitrogen and oxygen atoms in total. The molecule has 1 N–H and O–H groups in total. The molecule has 0 aromatic rings. The minimum atomic E-state index is 0.424. The van der Waals surface area contributed by atoms with Crippen molar-refractivity contribution in [2.75, 3.05) is 24.7 Å². The molecular formula is C15H29NOS. The van der Waals surface area contributed by atoms with Gasteiger partial charge in [-0.3, -0.25) is 0 Å². The van der Waals surface area contributed by atoms with E-state index in [-0.39, 0.29) is 0 Å². The van der Waals surface area contributed by atoms with E-state index >= 15 is 0 Å². The molecule has 1 aliphatic heterocycles. The van der Waals surface area contributed by atoms with Gasteiger partial charge in [0.25, 0.3) is 0 Å². The lowest BCUT2D eigenvalue weighted by Crippen LogP contribution is -2.44. The largest absolute Gasteiger partial charge is 0.377 e. The van der Waals surface area contributed by atoms with Crippen LogP contribution >= 0.6 is 11.8 Å². The molecule has 2 aliphatic rings. The molecule has 2 unspecified atom stereocenters. The molecule has 0 spiro atoms. The lowest BCUT2D eigenvalue weighted by atomic mass is 9.76. The van der Waals surface area contributed by atoms with Gasteiger partial charge >= 0.3 is 0 Å². The summed E-state index contributed by atoms with van der Waals surface area (Å²) in [5.74, 6) is 3.40. The van der Waals surface area contributed by atoms with E-state index < -0.39 is 0 Å². The van der Waals surface area contributed by atoms with E-state index in [2.05, 4.69) is 37.8 Å².